The van der Waals surface area contributed by atoms with E-state index in [9.17, 15) is 19.7 Å². The number of nitrogens with one attached hydrogen (secondary N) is 1. The summed E-state index contributed by atoms with van der Waals surface area (Å²) >= 11 is 0. The van der Waals surface area contributed by atoms with Crippen molar-refractivity contribution in [3.63, 3.8) is 0 Å². The van der Waals surface area contributed by atoms with Crippen molar-refractivity contribution in [3.8, 4) is 5.75 Å². The minimum atomic E-state index is -1.61. The number of Topliss-reactive ketones (excluding diaryl/α,β-unsaturated/α-hetero) is 1. The van der Waals surface area contributed by atoms with Gasteiger partial charge in [-0.25, -0.2) is 4.79 Å². The number of nitrogens with zero attached hydrogens (tertiary/aromatic N) is 2. The second-order valence-electron chi connectivity index (χ2n) is 6.89. The zero-order valence-corrected chi connectivity index (χ0v) is 15.4. The second-order valence-corrected chi connectivity index (χ2v) is 6.89. The fourth-order valence-corrected chi connectivity index (χ4v) is 3.25. The Hall–Kier alpha value is -3.17. The summed E-state index contributed by atoms with van der Waals surface area (Å²) in [5.41, 5.74) is 3.76. The third-order valence-corrected chi connectivity index (χ3v) is 5.26. The molecule has 28 heavy (non-hydrogen) atoms. The number of hydrogen-bond donors (Lipinski definition) is 2. The van der Waals surface area contributed by atoms with Crippen LogP contribution in [-0.2, 0) is 16.1 Å². The van der Waals surface area contributed by atoms with E-state index in [0.717, 1.165) is 0 Å². The number of esters is 1. The van der Waals surface area contributed by atoms with Gasteiger partial charge in [0, 0.05) is 30.9 Å². The van der Waals surface area contributed by atoms with Gasteiger partial charge < -0.3 is 10.5 Å². The second kappa shape index (κ2) is 7.10. The molecule has 0 bridgehead atoms. The Balaban J connectivity index is 1.84. The molecular formula is C19H20N4O5. The molecule has 1 heterocycles. The number of ketones is 1. The fourth-order valence-electron chi connectivity index (χ4n) is 3.25. The molecule has 1 fully saturated rings. The Bertz CT molecular complexity index is 916. The van der Waals surface area contributed by atoms with Crippen LogP contribution in [-0.4, -0.2) is 33.2 Å². The fraction of sp³-hybridized carbons (Fsp3) is 0.316. The van der Waals surface area contributed by atoms with Crippen molar-refractivity contribution in [2.24, 2.45) is 11.1 Å². The van der Waals surface area contributed by atoms with Crippen LogP contribution in [0.2, 0.25) is 0 Å². The first-order valence-electron chi connectivity index (χ1n) is 8.65. The number of pyridine rings is 1. The third kappa shape index (κ3) is 3.04. The van der Waals surface area contributed by atoms with Gasteiger partial charge >= 0.3 is 5.97 Å². The number of non-ortho nitro benzene ring substituents is 1. The van der Waals surface area contributed by atoms with E-state index in [1.54, 1.807) is 38.2 Å². The van der Waals surface area contributed by atoms with E-state index < -0.39 is 27.9 Å². The maximum absolute atomic E-state index is 13.0. The largest absolute Gasteiger partial charge is 0.425 e. The number of benzene rings is 1. The quantitative estimate of drug-likeness (QED) is 0.240. The van der Waals surface area contributed by atoms with Gasteiger partial charge in [-0.1, -0.05) is 6.07 Å². The maximum atomic E-state index is 13.0. The summed E-state index contributed by atoms with van der Waals surface area (Å²) < 4.78 is 5.36. The predicted octanol–water partition coefficient (Wildman–Crippen LogP) is 1.36. The van der Waals surface area contributed by atoms with Crippen LogP contribution in [0.5, 0.6) is 5.75 Å². The van der Waals surface area contributed by atoms with Crippen molar-refractivity contribution >= 4 is 17.4 Å². The predicted molar refractivity (Wildman–Crippen MR) is 99.3 cm³/mol. The lowest BCUT2D eigenvalue weighted by molar-refractivity contribution is -0.384. The molecule has 3 N–H and O–H groups in total. The molecule has 0 radical (unpaired) electrons. The number of nitro benzene ring substituents is 1. The van der Waals surface area contributed by atoms with Gasteiger partial charge in [0.15, 0.2) is 11.3 Å². The zero-order chi connectivity index (χ0) is 20.5. The Morgan fingerprint density at radius 3 is 2.50 bits per heavy atom. The van der Waals surface area contributed by atoms with Gasteiger partial charge in [-0.15, -0.1) is 0 Å². The van der Waals surface area contributed by atoms with Crippen LogP contribution in [0.4, 0.5) is 5.69 Å². The molecule has 0 spiro atoms. The van der Waals surface area contributed by atoms with Gasteiger partial charge in [-0.05, 0) is 38.1 Å². The molecule has 3 unspecified atom stereocenters. The molecule has 1 aliphatic carbocycles. The number of nitro groups is 1. The number of hydrogen-bond acceptors (Lipinski definition) is 8. The van der Waals surface area contributed by atoms with Gasteiger partial charge in [0.1, 0.15) is 5.75 Å². The minimum absolute atomic E-state index is 0.0985. The first-order valence-corrected chi connectivity index (χ1v) is 8.65. The van der Waals surface area contributed by atoms with Crippen LogP contribution < -0.4 is 15.8 Å². The first kappa shape index (κ1) is 19.6. The highest BCUT2D eigenvalue weighted by molar-refractivity contribution is 6.28. The molecule has 0 aliphatic heterocycles. The average molecular weight is 384 g/mol. The number of carbonyl (C=O) groups excluding carboxylic acids is 2. The van der Waals surface area contributed by atoms with Crippen LogP contribution in [0.15, 0.2) is 48.7 Å². The van der Waals surface area contributed by atoms with Gasteiger partial charge in [0.25, 0.3) is 5.69 Å². The summed E-state index contributed by atoms with van der Waals surface area (Å²) in [6.45, 7) is 3.44. The molecule has 1 aromatic carbocycles. The molecule has 3 atom stereocenters. The Morgan fingerprint density at radius 2 is 2.00 bits per heavy atom. The lowest BCUT2D eigenvalue weighted by Gasteiger charge is -2.22. The molecule has 9 nitrogen and oxygen atoms in total. The first-order chi connectivity index (χ1) is 13.2. The van der Waals surface area contributed by atoms with E-state index in [1.165, 1.54) is 24.3 Å². The van der Waals surface area contributed by atoms with Crippen LogP contribution in [0.1, 0.15) is 19.5 Å². The van der Waals surface area contributed by atoms with E-state index >= 15 is 0 Å². The minimum Gasteiger partial charge on any atom is -0.425 e. The smallest absolute Gasteiger partial charge is 0.340 e. The highest BCUT2D eigenvalue weighted by atomic mass is 16.6. The normalized spacial score (nSPS) is 24.5. The Kier molecular flexibility index (Phi) is 4.97. The summed E-state index contributed by atoms with van der Waals surface area (Å²) in [5.74, 6) is -1.07. The van der Waals surface area contributed by atoms with Gasteiger partial charge in [0.2, 0.25) is 0 Å². The molecule has 2 aromatic rings. The van der Waals surface area contributed by atoms with Crippen LogP contribution in [0, 0.1) is 15.5 Å². The summed E-state index contributed by atoms with van der Waals surface area (Å²) in [6, 6.07) is 9.77. The van der Waals surface area contributed by atoms with Gasteiger partial charge in [0.05, 0.1) is 16.0 Å². The number of carbonyl (C=O) groups is 2. The van der Waals surface area contributed by atoms with E-state index in [2.05, 4.69) is 10.3 Å². The van der Waals surface area contributed by atoms with E-state index in [4.69, 9.17) is 10.5 Å². The van der Waals surface area contributed by atoms with Crippen molar-refractivity contribution in [2.45, 2.75) is 32.0 Å². The topological polar surface area (TPSA) is 137 Å². The van der Waals surface area contributed by atoms with Gasteiger partial charge in [-0.2, -0.15) is 0 Å². The van der Waals surface area contributed by atoms with E-state index in [0.29, 0.717) is 5.69 Å². The van der Waals surface area contributed by atoms with Gasteiger partial charge in [-0.3, -0.25) is 25.2 Å². The summed E-state index contributed by atoms with van der Waals surface area (Å²) in [4.78, 5) is 40.1. The summed E-state index contributed by atoms with van der Waals surface area (Å²) in [6.07, 6.45) is 1.61. The molecule has 0 saturated heterocycles. The van der Waals surface area contributed by atoms with Crippen molar-refractivity contribution < 1.29 is 19.2 Å². The number of aromatic nitrogens is 1. The molecule has 9 heteroatoms. The molecular weight excluding hydrogens is 364 g/mol. The van der Waals surface area contributed by atoms with Crippen LogP contribution in [0.3, 0.4) is 0 Å². The molecule has 1 saturated carbocycles. The van der Waals surface area contributed by atoms with Crippen molar-refractivity contribution in [1.82, 2.24) is 10.3 Å². The summed E-state index contributed by atoms with van der Waals surface area (Å²) in [7, 11) is 0. The van der Waals surface area contributed by atoms with E-state index in [-0.39, 0.29) is 23.8 Å². The van der Waals surface area contributed by atoms with Crippen molar-refractivity contribution in [1.29, 1.82) is 0 Å². The zero-order valence-electron chi connectivity index (χ0n) is 15.4. The van der Waals surface area contributed by atoms with Crippen LogP contribution >= 0.6 is 0 Å². The van der Waals surface area contributed by atoms with E-state index in [1.807, 2.05) is 0 Å². The van der Waals surface area contributed by atoms with Crippen LogP contribution in [0.25, 0.3) is 0 Å². The molecule has 3 rings (SSSR count). The monoisotopic (exact) mass is 384 g/mol. The molecule has 1 aliphatic rings. The molecule has 1 aromatic heterocycles. The lowest BCUT2D eigenvalue weighted by atomic mass is 9.94. The number of ether oxygens (including phenoxy) is 1. The molecule has 0 amide bonds. The third-order valence-electron chi connectivity index (χ3n) is 5.26. The lowest BCUT2D eigenvalue weighted by Crippen LogP contribution is -2.50. The van der Waals surface area contributed by atoms with Crippen molar-refractivity contribution in [2.75, 3.05) is 0 Å². The number of nitrogens with two attached hydrogens (primary N) is 1. The highest BCUT2D eigenvalue weighted by Gasteiger charge is 2.81. The Labute approximate surface area is 161 Å². The number of rotatable bonds is 7. The molecule has 146 valence electrons. The average Bonchev–Trinajstić information content (AvgIpc) is 3.18. The maximum Gasteiger partial charge on any atom is 0.340 e. The highest BCUT2D eigenvalue weighted by Crippen LogP contribution is 2.54. The summed E-state index contributed by atoms with van der Waals surface area (Å²) in [5, 5.41) is 13.7. The SMILES string of the molecule is CC(N)C1(C)C(=O)C1(NCc1ccccn1)C(=O)Oc1ccc([N+](=O)[O-])cc1. The Morgan fingerprint density at radius 1 is 1.32 bits per heavy atom. The standard InChI is InChI=1S/C19H20N4O5/c1-12(20)18(2)16(24)19(18,22-11-13-5-3-4-10-21-13)17(25)28-15-8-6-14(7-9-15)23(26)27/h3-10,12,22H,11,20H2,1-2H3. The van der Waals surface area contributed by atoms with Crippen molar-refractivity contribution in [3.05, 3.63) is 64.5 Å².